The van der Waals surface area contributed by atoms with Crippen LogP contribution in [0.3, 0.4) is 0 Å². The Morgan fingerprint density at radius 1 is 1.00 bits per heavy atom. The Morgan fingerprint density at radius 3 is 2.36 bits per heavy atom. The third kappa shape index (κ3) is 5.76. The smallest absolute Gasteiger partial charge is 0.344 e. The molecule has 1 amide bonds. The predicted octanol–water partition coefficient (Wildman–Crippen LogP) is 2.68. The van der Waals surface area contributed by atoms with Crippen LogP contribution < -0.4 is 10.1 Å². The monoisotopic (exact) mass is 341 g/mol. The molecule has 0 saturated carbocycles. The first-order valence-electron chi connectivity index (χ1n) is 7.68. The van der Waals surface area contributed by atoms with Gasteiger partial charge in [0.15, 0.2) is 13.2 Å². The van der Waals surface area contributed by atoms with Crippen LogP contribution in [0.1, 0.15) is 21.5 Å². The number of nitrogens with one attached hydrogen (secondary N) is 1. The van der Waals surface area contributed by atoms with Gasteiger partial charge in [-0.3, -0.25) is 9.59 Å². The van der Waals surface area contributed by atoms with Crippen LogP contribution in [0.4, 0.5) is 5.69 Å². The van der Waals surface area contributed by atoms with Gasteiger partial charge in [-0.25, -0.2) is 4.79 Å². The molecule has 1 N–H and O–H groups in total. The zero-order valence-electron chi connectivity index (χ0n) is 14.1. The van der Waals surface area contributed by atoms with Crippen molar-refractivity contribution >= 4 is 23.9 Å². The molecule has 2 aromatic rings. The van der Waals surface area contributed by atoms with E-state index in [1.54, 1.807) is 30.3 Å². The van der Waals surface area contributed by atoms with E-state index in [2.05, 4.69) is 5.32 Å². The van der Waals surface area contributed by atoms with Crippen LogP contribution in [0.5, 0.6) is 5.75 Å². The molecule has 0 aliphatic rings. The Labute approximate surface area is 145 Å². The molecule has 0 unspecified atom stereocenters. The predicted molar refractivity (Wildman–Crippen MR) is 92.8 cm³/mol. The second kappa shape index (κ2) is 8.63. The molecule has 0 radical (unpaired) electrons. The number of rotatable bonds is 7. The Morgan fingerprint density at radius 2 is 1.72 bits per heavy atom. The number of aryl methyl sites for hydroxylation is 2. The summed E-state index contributed by atoms with van der Waals surface area (Å²) >= 11 is 0. The second-order valence-corrected chi connectivity index (χ2v) is 5.48. The Bertz CT molecular complexity index is 768. The van der Waals surface area contributed by atoms with Crippen LogP contribution in [0, 0.1) is 13.8 Å². The number of hydrogen-bond acceptors (Lipinski definition) is 5. The highest BCUT2D eigenvalue weighted by atomic mass is 16.6. The Kier molecular flexibility index (Phi) is 6.28. The lowest BCUT2D eigenvalue weighted by Crippen LogP contribution is -2.23. The first-order valence-corrected chi connectivity index (χ1v) is 7.68. The highest BCUT2D eigenvalue weighted by Crippen LogP contribution is 2.14. The largest absolute Gasteiger partial charge is 0.482 e. The van der Waals surface area contributed by atoms with E-state index in [0.29, 0.717) is 23.3 Å². The van der Waals surface area contributed by atoms with Gasteiger partial charge >= 0.3 is 5.97 Å². The molecule has 0 heterocycles. The molecule has 0 bridgehead atoms. The molecular formula is C19H19NO5. The normalized spacial score (nSPS) is 10.0. The summed E-state index contributed by atoms with van der Waals surface area (Å²) in [4.78, 5) is 34.0. The van der Waals surface area contributed by atoms with Crippen molar-refractivity contribution in [2.24, 2.45) is 0 Å². The fraction of sp³-hybridized carbons (Fsp3) is 0.211. The first-order chi connectivity index (χ1) is 12.0. The lowest BCUT2D eigenvalue weighted by atomic mass is 10.1. The van der Waals surface area contributed by atoms with Crippen molar-refractivity contribution in [1.82, 2.24) is 0 Å². The minimum Gasteiger partial charge on any atom is -0.482 e. The number of carbonyl (C=O) groups excluding carboxylic acids is 3. The van der Waals surface area contributed by atoms with E-state index in [0.717, 1.165) is 11.1 Å². The van der Waals surface area contributed by atoms with Crippen molar-refractivity contribution in [2.75, 3.05) is 18.5 Å². The number of carbonyl (C=O) groups is 3. The van der Waals surface area contributed by atoms with E-state index in [9.17, 15) is 14.4 Å². The average Bonchev–Trinajstić information content (AvgIpc) is 2.61. The molecule has 0 aromatic heterocycles. The topological polar surface area (TPSA) is 81.7 Å². The zero-order chi connectivity index (χ0) is 18.2. The summed E-state index contributed by atoms with van der Waals surface area (Å²) in [5, 5.41) is 2.66. The van der Waals surface area contributed by atoms with Crippen molar-refractivity contribution in [3.8, 4) is 5.75 Å². The molecule has 0 atom stereocenters. The van der Waals surface area contributed by atoms with Gasteiger partial charge in [0.2, 0.25) is 0 Å². The molecule has 2 rings (SSSR count). The molecular weight excluding hydrogens is 322 g/mol. The van der Waals surface area contributed by atoms with Gasteiger partial charge in [-0.1, -0.05) is 6.07 Å². The van der Waals surface area contributed by atoms with Crippen molar-refractivity contribution in [3.05, 3.63) is 59.2 Å². The lowest BCUT2D eigenvalue weighted by Gasteiger charge is -2.09. The van der Waals surface area contributed by atoms with Crippen molar-refractivity contribution in [1.29, 1.82) is 0 Å². The summed E-state index contributed by atoms with van der Waals surface area (Å²) in [6, 6.07) is 11.8. The maximum Gasteiger partial charge on any atom is 0.344 e. The van der Waals surface area contributed by atoms with E-state index in [1.165, 1.54) is 0 Å². The van der Waals surface area contributed by atoms with Crippen molar-refractivity contribution in [3.63, 3.8) is 0 Å². The summed E-state index contributed by atoms with van der Waals surface area (Å²) < 4.78 is 10.1. The van der Waals surface area contributed by atoms with Crippen LogP contribution in [-0.4, -0.2) is 31.4 Å². The average molecular weight is 341 g/mol. The third-order valence-corrected chi connectivity index (χ3v) is 3.53. The molecule has 25 heavy (non-hydrogen) atoms. The third-order valence-electron chi connectivity index (χ3n) is 3.53. The molecule has 2 aromatic carbocycles. The molecule has 6 nitrogen and oxygen atoms in total. The van der Waals surface area contributed by atoms with E-state index in [-0.39, 0.29) is 13.2 Å². The highest BCUT2D eigenvalue weighted by molar-refractivity contribution is 5.93. The number of hydrogen-bond donors (Lipinski definition) is 1. The van der Waals surface area contributed by atoms with Crippen LogP contribution in [0.15, 0.2) is 42.5 Å². The highest BCUT2D eigenvalue weighted by Gasteiger charge is 2.09. The molecule has 130 valence electrons. The minimum absolute atomic E-state index is 0.322. The molecule has 0 saturated heterocycles. The maximum absolute atomic E-state index is 11.8. The number of amides is 1. The number of esters is 1. The number of ether oxygens (including phenoxy) is 2. The molecule has 0 fully saturated rings. The lowest BCUT2D eigenvalue weighted by molar-refractivity contribution is -0.149. The fourth-order valence-electron chi connectivity index (χ4n) is 1.99. The first kappa shape index (κ1) is 18.2. The standard InChI is InChI=1S/C19H19NO5/c1-13-3-6-16(9-14(13)2)20-18(22)11-25-19(23)12-24-17-7-4-15(10-21)5-8-17/h3-10H,11-12H2,1-2H3,(H,20,22). The van der Waals surface area contributed by atoms with E-state index in [1.807, 2.05) is 26.0 Å². The number of aldehydes is 1. The molecule has 0 aliphatic carbocycles. The maximum atomic E-state index is 11.8. The van der Waals surface area contributed by atoms with Crippen LogP contribution in [0.25, 0.3) is 0 Å². The summed E-state index contributed by atoms with van der Waals surface area (Å²) in [5.41, 5.74) is 3.35. The molecule has 0 aliphatic heterocycles. The Balaban J connectivity index is 1.73. The van der Waals surface area contributed by atoms with Gasteiger partial charge in [-0.15, -0.1) is 0 Å². The molecule has 0 spiro atoms. The number of benzene rings is 2. The SMILES string of the molecule is Cc1ccc(NC(=O)COC(=O)COc2ccc(C=O)cc2)cc1C. The van der Waals surface area contributed by atoms with E-state index in [4.69, 9.17) is 9.47 Å². The summed E-state index contributed by atoms with van der Waals surface area (Å²) in [6.45, 7) is 3.22. The summed E-state index contributed by atoms with van der Waals surface area (Å²) in [7, 11) is 0. The van der Waals surface area contributed by atoms with Gasteiger partial charge in [-0.2, -0.15) is 0 Å². The number of anilines is 1. The van der Waals surface area contributed by atoms with E-state index >= 15 is 0 Å². The second-order valence-electron chi connectivity index (χ2n) is 5.48. The molecule has 6 heteroatoms. The van der Waals surface area contributed by atoms with Crippen LogP contribution in [-0.2, 0) is 14.3 Å². The van der Waals surface area contributed by atoms with Gasteiger partial charge < -0.3 is 14.8 Å². The quantitative estimate of drug-likeness (QED) is 0.618. The van der Waals surface area contributed by atoms with Crippen LogP contribution in [0.2, 0.25) is 0 Å². The van der Waals surface area contributed by atoms with Gasteiger partial charge in [0.05, 0.1) is 0 Å². The zero-order valence-corrected chi connectivity index (χ0v) is 14.1. The van der Waals surface area contributed by atoms with Crippen LogP contribution >= 0.6 is 0 Å². The van der Waals surface area contributed by atoms with Crippen molar-refractivity contribution in [2.45, 2.75) is 13.8 Å². The fourth-order valence-corrected chi connectivity index (χ4v) is 1.99. The van der Waals surface area contributed by atoms with Crippen molar-refractivity contribution < 1.29 is 23.9 Å². The Hall–Kier alpha value is -3.15. The van der Waals surface area contributed by atoms with Gasteiger partial charge in [0.25, 0.3) is 5.91 Å². The summed E-state index contributed by atoms with van der Waals surface area (Å²) in [5.74, 6) is -0.649. The van der Waals surface area contributed by atoms with Gasteiger partial charge in [0.1, 0.15) is 12.0 Å². The minimum atomic E-state index is -0.658. The summed E-state index contributed by atoms with van der Waals surface area (Å²) in [6.07, 6.45) is 0.714. The van der Waals surface area contributed by atoms with E-state index < -0.39 is 11.9 Å². The van der Waals surface area contributed by atoms with Gasteiger partial charge in [-0.05, 0) is 61.4 Å². The van der Waals surface area contributed by atoms with Gasteiger partial charge in [0, 0.05) is 11.3 Å².